The topological polar surface area (TPSA) is 20.3 Å². The third-order valence-corrected chi connectivity index (χ3v) is 3.34. The Bertz CT molecular complexity index is 504. The van der Waals surface area contributed by atoms with Gasteiger partial charge in [0.05, 0.1) is 10.6 Å². The van der Waals surface area contributed by atoms with E-state index in [0.717, 1.165) is 22.5 Å². The molecule has 2 aromatic rings. The minimum atomic E-state index is 0.759. The normalized spacial score (nSPS) is 10.1. The van der Waals surface area contributed by atoms with Crippen LogP contribution in [-0.4, -0.2) is 13.3 Å². The van der Waals surface area contributed by atoms with Crippen LogP contribution < -0.4 is 4.90 Å². The van der Waals surface area contributed by atoms with Crippen molar-refractivity contribution >= 4 is 29.0 Å². The molecule has 0 spiro atoms. The maximum atomic E-state index is 10.6. The van der Waals surface area contributed by atoms with E-state index >= 15 is 0 Å². The molecule has 0 saturated carbocycles. The SMILES string of the molecule is Cc1cccc(N(C)c2csc(C=O)c2)c1. The van der Waals surface area contributed by atoms with Gasteiger partial charge in [-0.2, -0.15) is 0 Å². The summed E-state index contributed by atoms with van der Waals surface area (Å²) in [6.45, 7) is 2.07. The minimum absolute atomic E-state index is 0.759. The van der Waals surface area contributed by atoms with Gasteiger partial charge in [-0.1, -0.05) is 12.1 Å². The highest BCUT2D eigenvalue weighted by atomic mass is 32.1. The molecule has 1 aromatic carbocycles. The monoisotopic (exact) mass is 231 g/mol. The van der Waals surface area contributed by atoms with Crippen LogP contribution in [0.25, 0.3) is 0 Å². The van der Waals surface area contributed by atoms with Gasteiger partial charge in [0.2, 0.25) is 0 Å². The molecular formula is C13H13NOS. The van der Waals surface area contributed by atoms with Crippen molar-refractivity contribution in [2.45, 2.75) is 6.92 Å². The average molecular weight is 231 g/mol. The van der Waals surface area contributed by atoms with E-state index in [1.807, 2.05) is 24.6 Å². The Morgan fingerprint density at radius 3 is 2.69 bits per heavy atom. The summed E-state index contributed by atoms with van der Waals surface area (Å²) >= 11 is 1.47. The number of carbonyl (C=O) groups excluding carboxylic acids is 1. The van der Waals surface area contributed by atoms with E-state index in [1.165, 1.54) is 16.9 Å². The number of aldehydes is 1. The van der Waals surface area contributed by atoms with Gasteiger partial charge in [0.1, 0.15) is 0 Å². The van der Waals surface area contributed by atoms with Gasteiger partial charge in [-0.15, -0.1) is 11.3 Å². The number of hydrogen-bond acceptors (Lipinski definition) is 3. The van der Waals surface area contributed by atoms with E-state index < -0.39 is 0 Å². The van der Waals surface area contributed by atoms with Crippen molar-refractivity contribution in [2.24, 2.45) is 0 Å². The van der Waals surface area contributed by atoms with Crippen LogP contribution in [0.5, 0.6) is 0 Å². The van der Waals surface area contributed by atoms with E-state index in [4.69, 9.17) is 0 Å². The highest BCUT2D eigenvalue weighted by Crippen LogP contribution is 2.27. The third kappa shape index (κ3) is 2.14. The van der Waals surface area contributed by atoms with Gasteiger partial charge in [-0.05, 0) is 30.7 Å². The van der Waals surface area contributed by atoms with E-state index in [2.05, 4.69) is 30.0 Å². The van der Waals surface area contributed by atoms with Crippen molar-refractivity contribution in [1.82, 2.24) is 0 Å². The summed E-state index contributed by atoms with van der Waals surface area (Å²) in [5, 5.41) is 1.99. The molecule has 0 saturated heterocycles. The molecule has 0 unspecified atom stereocenters. The van der Waals surface area contributed by atoms with Crippen LogP contribution in [0.2, 0.25) is 0 Å². The summed E-state index contributed by atoms with van der Waals surface area (Å²) in [4.78, 5) is 13.5. The smallest absolute Gasteiger partial charge is 0.160 e. The number of nitrogens with zero attached hydrogens (tertiary/aromatic N) is 1. The molecule has 0 amide bonds. The molecule has 2 nitrogen and oxygen atoms in total. The lowest BCUT2D eigenvalue weighted by molar-refractivity contribution is 0.112. The molecule has 0 atom stereocenters. The van der Waals surface area contributed by atoms with Crippen molar-refractivity contribution in [3.8, 4) is 0 Å². The number of aryl methyl sites for hydroxylation is 1. The quantitative estimate of drug-likeness (QED) is 0.752. The third-order valence-electron chi connectivity index (χ3n) is 2.50. The van der Waals surface area contributed by atoms with Crippen molar-refractivity contribution in [3.63, 3.8) is 0 Å². The Morgan fingerprint density at radius 2 is 2.06 bits per heavy atom. The fraction of sp³-hybridized carbons (Fsp3) is 0.154. The molecule has 0 radical (unpaired) electrons. The largest absolute Gasteiger partial charge is 0.344 e. The fourth-order valence-electron chi connectivity index (χ4n) is 1.57. The molecule has 82 valence electrons. The summed E-state index contributed by atoms with van der Waals surface area (Å²) in [7, 11) is 2.01. The van der Waals surface area contributed by atoms with Crippen molar-refractivity contribution in [1.29, 1.82) is 0 Å². The number of benzene rings is 1. The number of thiophene rings is 1. The minimum Gasteiger partial charge on any atom is -0.344 e. The van der Waals surface area contributed by atoms with Crippen molar-refractivity contribution in [2.75, 3.05) is 11.9 Å². The van der Waals surface area contributed by atoms with Crippen LogP contribution in [0.1, 0.15) is 15.2 Å². The van der Waals surface area contributed by atoms with Gasteiger partial charge in [0.25, 0.3) is 0 Å². The standard InChI is InChI=1S/C13H13NOS/c1-10-4-3-5-11(6-10)14(2)12-7-13(8-15)16-9-12/h3-9H,1-2H3. The first-order valence-electron chi connectivity index (χ1n) is 5.05. The Balaban J connectivity index is 2.31. The second-order valence-corrected chi connectivity index (χ2v) is 4.67. The highest BCUT2D eigenvalue weighted by molar-refractivity contribution is 7.12. The van der Waals surface area contributed by atoms with Gasteiger partial charge < -0.3 is 4.90 Å². The molecule has 0 N–H and O–H groups in total. The molecule has 0 bridgehead atoms. The van der Waals surface area contributed by atoms with Gasteiger partial charge in [-0.3, -0.25) is 4.79 Å². The van der Waals surface area contributed by atoms with E-state index in [0.29, 0.717) is 0 Å². The molecule has 0 aliphatic carbocycles. The Kier molecular flexibility index (Phi) is 3.06. The van der Waals surface area contributed by atoms with Crippen LogP contribution in [0.3, 0.4) is 0 Å². The summed E-state index contributed by atoms with van der Waals surface area (Å²) in [5.41, 5.74) is 3.42. The van der Waals surface area contributed by atoms with Crippen molar-refractivity contribution in [3.05, 3.63) is 46.2 Å². The lowest BCUT2D eigenvalue weighted by Crippen LogP contribution is -2.08. The fourth-order valence-corrected chi connectivity index (χ4v) is 2.29. The van der Waals surface area contributed by atoms with E-state index in [-0.39, 0.29) is 0 Å². The van der Waals surface area contributed by atoms with Gasteiger partial charge in [0, 0.05) is 18.1 Å². The zero-order valence-corrected chi connectivity index (χ0v) is 10.1. The summed E-state index contributed by atoms with van der Waals surface area (Å²) < 4.78 is 0. The number of rotatable bonds is 3. The van der Waals surface area contributed by atoms with Gasteiger partial charge in [0.15, 0.2) is 6.29 Å². The molecule has 3 heteroatoms. The van der Waals surface area contributed by atoms with Crippen molar-refractivity contribution < 1.29 is 4.79 Å². The van der Waals surface area contributed by atoms with Gasteiger partial charge >= 0.3 is 0 Å². The molecule has 1 aromatic heterocycles. The molecule has 2 rings (SSSR count). The molecule has 0 fully saturated rings. The van der Waals surface area contributed by atoms with Crippen LogP contribution >= 0.6 is 11.3 Å². The number of carbonyl (C=O) groups is 1. The van der Waals surface area contributed by atoms with Crippen LogP contribution in [-0.2, 0) is 0 Å². The number of anilines is 2. The Hall–Kier alpha value is -1.61. The van der Waals surface area contributed by atoms with E-state index in [1.54, 1.807) is 0 Å². The average Bonchev–Trinajstić information content (AvgIpc) is 2.76. The molecule has 0 aliphatic heterocycles. The zero-order valence-electron chi connectivity index (χ0n) is 9.31. The predicted octanol–water partition coefficient (Wildman–Crippen LogP) is 3.64. The Labute approximate surface area is 99.1 Å². The number of hydrogen-bond donors (Lipinski definition) is 0. The lowest BCUT2D eigenvalue weighted by atomic mass is 10.2. The molecular weight excluding hydrogens is 218 g/mol. The molecule has 16 heavy (non-hydrogen) atoms. The van der Waals surface area contributed by atoms with Crippen LogP contribution in [0, 0.1) is 6.92 Å². The summed E-state index contributed by atoms with van der Waals surface area (Å²) in [6, 6.07) is 10.2. The second kappa shape index (κ2) is 4.49. The highest BCUT2D eigenvalue weighted by Gasteiger charge is 2.06. The Morgan fingerprint density at radius 1 is 1.25 bits per heavy atom. The molecule has 1 heterocycles. The van der Waals surface area contributed by atoms with E-state index in [9.17, 15) is 4.79 Å². The molecule has 0 aliphatic rings. The maximum absolute atomic E-state index is 10.6. The second-order valence-electron chi connectivity index (χ2n) is 3.72. The predicted molar refractivity (Wildman–Crippen MR) is 68.9 cm³/mol. The first-order chi connectivity index (χ1) is 7.70. The maximum Gasteiger partial charge on any atom is 0.160 e. The summed E-state index contributed by atoms with van der Waals surface area (Å²) in [5.74, 6) is 0. The van der Waals surface area contributed by atoms with Crippen LogP contribution in [0.4, 0.5) is 11.4 Å². The van der Waals surface area contributed by atoms with Crippen LogP contribution in [0.15, 0.2) is 35.7 Å². The first-order valence-corrected chi connectivity index (χ1v) is 5.93. The lowest BCUT2D eigenvalue weighted by Gasteiger charge is -2.17. The zero-order chi connectivity index (χ0) is 11.5. The van der Waals surface area contributed by atoms with Gasteiger partial charge in [-0.25, -0.2) is 0 Å². The first kappa shape index (κ1) is 10.9. The summed E-state index contributed by atoms with van der Waals surface area (Å²) in [6.07, 6.45) is 0.887.